The van der Waals surface area contributed by atoms with Crippen molar-refractivity contribution in [3.63, 3.8) is 0 Å². The Labute approximate surface area is 179 Å². The molecule has 0 unspecified atom stereocenters. The molecule has 0 bridgehead atoms. The van der Waals surface area contributed by atoms with Gasteiger partial charge in [-0.05, 0) is 37.0 Å². The van der Waals surface area contributed by atoms with E-state index in [9.17, 15) is 9.59 Å². The van der Waals surface area contributed by atoms with Gasteiger partial charge in [-0.15, -0.1) is 5.10 Å². The first-order valence-corrected chi connectivity index (χ1v) is 10.2. The third kappa shape index (κ3) is 4.32. The highest BCUT2D eigenvalue weighted by Crippen LogP contribution is 2.29. The molecular weight excluding hydrogens is 400 g/mol. The van der Waals surface area contributed by atoms with Crippen LogP contribution >= 0.6 is 0 Å². The van der Waals surface area contributed by atoms with Crippen molar-refractivity contribution in [1.82, 2.24) is 19.2 Å². The zero-order valence-electron chi connectivity index (χ0n) is 17.9. The van der Waals surface area contributed by atoms with Crippen molar-refractivity contribution < 1.29 is 14.3 Å². The molecule has 10 nitrogen and oxygen atoms in total. The molecule has 0 radical (unpaired) electrons. The predicted octanol–water partition coefficient (Wildman–Crippen LogP) is 1.78. The minimum Gasteiger partial charge on any atom is -0.493 e. The second-order valence-electron chi connectivity index (χ2n) is 7.68. The number of ether oxygens (including phenoxy) is 2. The molecule has 3 heterocycles. The fourth-order valence-electron chi connectivity index (χ4n) is 3.66. The Hall–Kier alpha value is -3.56. The number of fused-ring (bicyclic) bond motifs is 1. The van der Waals surface area contributed by atoms with Crippen LogP contribution in [0.15, 0.2) is 35.3 Å². The lowest BCUT2D eigenvalue weighted by atomic mass is 9.99. The molecule has 10 heteroatoms. The Bertz CT molecular complexity index is 1150. The molecular formula is C21H26N6O4. The smallest absolute Gasteiger partial charge is 0.352 e. The zero-order valence-corrected chi connectivity index (χ0v) is 17.9. The highest BCUT2D eigenvalue weighted by atomic mass is 16.5. The maximum absolute atomic E-state index is 12.6. The van der Waals surface area contributed by atoms with Gasteiger partial charge < -0.3 is 19.7 Å². The Balaban J connectivity index is 1.50. The summed E-state index contributed by atoms with van der Waals surface area (Å²) in [6.45, 7) is 3.89. The summed E-state index contributed by atoms with van der Waals surface area (Å²) in [4.78, 5) is 31.8. The number of carbonyl (C=O) groups is 1. The number of carbonyl (C=O) groups excluding carboxylic acids is 1. The van der Waals surface area contributed by atoms with Gasteiger partial charge in [0.15, 0.2) is 11.5 Å². The summed E-state index contributed by atoms with van der Waals surface area (Å²) in [6.07, 6.45) is 3.89. The van der Waals surface area contributed by atoms with Gasteiger partial charge in [0.25, 0.3) is 5.78 Å². The molecule has 1 saturated heterocycles. The normalized spacial score (nSPS) is 14.6. The molecule has 4 rings (SSSR count). The van der Waals surface area contributed by atoms with E-state index < -0.39 is 5.69 Å². The largest absolute Gasteiger partial charge is 0.493 e. The molecule has 1 aliphatic heterocycles. The van der Waals surface area contributed by atoms with Gasteiger partial charge in [-0.2, -0.15) is 4.98 Å². The van der Waals surface area contributed by atoms with Gasteiger partial charge >= 0.3 is 5.69 Å². The predicted molar refractivity (Wildman–Crippen MR) is 116 cm³/mol. The molecule has 2 aromatic heterocycles. The first-order chi connectivity index (χ1) is 15.0. The number of amides is 1. The fourth-order valence-corrected chi connectivity index (χ4v) is 3.66. The summed E-state index contributed by atoms with van der Waals surface area (Å²) in [6, 6.07) is 6.86. The minimum atomic E-state index is -0.413. The maximum atomic E-state index is 12.6. The highest BCUT2D eigenvalue weighted by molar-refractivity contribution is 5.90. The summed E-state index contributed by atoms with van der Waals surface area (Å²) >= 11 is 0. The molecule has 0 atom stereocenters. The Kier molecular flexibility index (Phi) is 5.79. The minimum absolute atomic E-state index is 0.229. The third-order valence-corrected chi connectivity index (χ3v) is 5.51. The van der Waals surface area contributed by atoms with E-state index in [-0.39, 0.29) is 18.2 Å². The highest BCUT2D eigenvalue weighted by Gasteiger charge is 2.19. The van der Waals surface area contributed by atoms with Gasteiger partial charge in [-0.3, -0.25) is 4.79 Å². The van der Waals surface area contributed by atoms with Crippen molar-refractivity contribution in [1.29, 1.82) is 0 Å². The van der Waals surface area contributed by atoms with E-state index in [2.05, 4.69) is 27.2 Å². The molecule has 1 aromatic carbocycles. The van der Waals surface area contributed by atoms with Crippen LogP contribution < -0.4 is 25.4 Å². The number of anilines is 2. The van der Waals surface area contributed by atoms with E-state index in [4.69, 9.17) is 9.47 Å². The molecule has 1 fully saturated rings. The lowest BCUT2D eigenvalue weighted by molar-refractivity contribution is -0.117. The molecule has 31 heavy (non-hydrogen) atoms. The Morgan fingerprint density at radius 2 is 1.90 bits per heavy atom. The monoisotopic (exact) mass is 426 g/mol. The lowest BCUT2D eigenvalue weighted by Gasteiger charge is -2.30. The first kappa shape index (κ1) is 20.7. The molecule has 3 aromatic rings. The zero-order chi connectivity index (χ0) is 22.0. The number of nitrogens with zero attached hydrogens (tertiary/aromatic N) is 5. The van der Waals surface area contributed by atoms with Crippen molar-refractivity contribution in [3.8, 4) is 11.5 Å². The average Bonchev–Trinajstić information content (AvgIpc) is 3.08. The Morgan fingerprint density at radius 3 is 2.61 bits per heavy atom. The number of piperidine rings is 1. The van der Waals surface area contributed by atoms with Crippen LogP contribution in [0.2, 0.25) is 0 Å². The van der Waals surface area contributed by atoms with E-state index in [1.165, 1.54) is 18.6 Å². The van der Waals surface area contributed by atoms with Gasteiger partial charge in [-0.25, -0.2) is 13.9 Å². The summed E-state index contributed by atoms with van der Waals surface area (Å²) in [5.41, 5.74) is 0.114. The van der Waals surface area contributed by atoms with Gasteiger partial charge in [-0.1, -0.05) is 6.92 Å². The number of nitrogens with one attached hydrogen (secondary N) is 1. The Morgan fingerprint density at radius 1 is 1.16 bits per heavy atom. The topological polar surface area (TPSA) is 103 Å². The van der Waals surface area contributed by atoms with Crippen LogP contribution in [0.4, 0.5) is 11.5 Å². The van der Waals surface area contributed by atoms with E-state index >= 15 is 0 Å². The van der Waals surface area contributed by atoms with Crippen LogP contribution in [0, 0.1) is 5.92 Å². The summed E-state index contributed by atoms with van der Waals surface area (Å²) in [5.74, 6) is 2.46. The van der Waals surface area contributed by atoms with Gasteiger partial charge in [0.2, 0.25) is 5.91 Å². The second kappa shape index (κ2) is 8.66. The van der Waals surface area contributed by atoms with Crippen LogP contribution in [0.5, 0.6) is 11.5 Å². The van der Waals surface area contributed by atoms with Crippen LogP contribution in [-0.4, -0.2) is 52.4 Å². The van der Waals surface area contributed by atoms with Crippen molar-refractivity contribution in [2.45, 2.75) is 26.3 Å². The van der Waals surface area contributed by atoms with Gasteiger partial charge in [0.05, 0.1) is 14.2 Å². The van der Waals surface area contributed by atoms with Crippen LogP contribution in [0.3, 0.4) is 0 Å². The van der Waals surface area contributed by atoms with Crippen molar-refractivity contribution in [2.24, 2.45) is 5.92 Å². The van der Waals surface area contributed by atoms with E-state index in [0.717, 1.165) is 36.4 Å². The van der Waals surface area contributed by atoms with Crippen LogP contribution in [0.25, 0.3) is 5.78 Å². The second-order valence-corrected chi connectivity index (χ2v) is 7.68. The standard InChI is InChI=1S/C21H26N6O4/c1-14-6-9-25(10-7-14)18-8-11-26-20(23-18)24-27(21(26)29)13-19(28)22-15-4-5-16(30-2)17(12-15)31-3/h4-5,8,11-12,14H,6-7,9-10,13H2,1-3H3,(H,22,28). The SMILES string of the molecule is COc1ccc(NC(=O)Cn2nc3nc(N4CCC(C)CC4)ccn3c2=O)cc1OC. The number of hydrogen-bond donors (Lipinski definition) is 1. The molecule has 0 aliphatic carbocycles. The third-order valence-electron chi connectivity index (χ3n) is 5.51. The van der Waals surface area contributed by atoms with Crippen molar-refractivity contribution in [2.75, 3.05) is 37.5 Å². The molecule has 164 valence electrons. The number of hydrogen-bond acceptors (Lipinski definition) is 7. The van der Waals surface area contributed by atoms with E-state index in [1.54, 1.807) is 24.4 Å². The van der Waals surface area contributed by atoms with Crippen LogP contribution in [0.1, 0.15) is 19.8 Å². The summed E-state index contributed by atoms with van der Waals surface area (Å²) < 4.78 is 12.9. The summed E-state index contributed by atoms with van der Waals surface area (Å²) in [7, 11) is 3.06. The number of rotatable bonds is 6. The number of benzene rings is 1. The molecule has 1 aliphatic rings. The average molecular weight is 426 g/mol. The molecule has 0 saturated carbocycles. The number of methoxy groups -OCH3 is 2. The van der Waals surface area contributed by atoms with Gasteiger partial charge in [0, 0.05) is 31.0 Å². The van der Waals surface area contributed by atoms with E-state index in [1.807, 2.05) is 6.07 Å². The molecule has 1 amide bonds. The van der Waals surface area contributed by atoms with Crippen molar-refractivity contribution in [3.05, 3.63) is 40.9 Å². The van der Waals surface area contributed by atoms with Crippen LogP contribution in [-0.2, 0) is 11.3 Å². The quantitative estimate of drug-likeness (QED) is 0.641. The molecule has 1 N–H and O–H groups in total. The van der Waals surface area contributed by atoms with Crippen molar-refractivity contribution >= 4 is 23.2 Å². The maximum Gasteiger partial charge on any atom is 0.352 e. The molecule has 0 spiro atoms. The van der Waals surface area contributed by atoms with Gasteiger partial charge in [0.1, 0.15) is 12.4 Å². The first-order valence-electron chi connectivity index (χ1n) is 10.2. The lowest BCUT2D eigenvalue weighted by Crippen LogP contribution is -2.33. The summed E-state index contributed by atoms with van der Waals surface area (Å²) in [5, 5.41) is 6.99. The van der Waals surface area contributed by atoms with E-state index in [0.29, 0.717) is 23.1 Å². The fraction of sp³-hybridized carbons (Fsp3) is 0.429. The number of aromatic nitrogens is 4.